The molecule has 0 aliphatic rings. The monoisotopic (exact) mass is 444 g/mol. The maximum atomic E-state index is 12.6. The molecule has 1 N–H and O–H groups in total. The zero-order valence-electron chi connectivity index (χ0n) is 13.1. The van der Waals surface area contributed by atoms with Crippen LogP contribution in [0.5, 0.6) is 0 Å². The highest BCUT2D eigenvalue weighted by Crippen LogP contribution is 2.31. The van der Waals surface area contributed by atoms with Gasteiger partial charge in [-0.3, -0.25) is 4.79 Å². The Bertz CT molecular complexity index is 903. The lowest BCUT2D eigenvalue weighted by molar-refractivity contribution is -0.137. The second kappa shape index (κ2) is 7.63. The van der Waals surface area contributed by atoms with Crippen molar-refractivity contribution in [3.8, 4) is 10.6 Å². The van der Waals surface area contributed by atoms with Crippen molar-refractivity contribution in [1.29, 1.82) is 0 Å². The molecule has 0 aliphatic carbocycles. The number of carbonyl (C=O) groups is 1. The van der Waals surface area contributed by atoms with Gasteiger partial charge in [-0.25, -0.2) is 4.98 Å². The molecule has 3 aromatic rings. The Balaban J connectivity index is 1.57. The summed E-state index contributed by atoms with van der Waals surface area (Å²) in [5.74, 6) is -0.116. The Morgan fingerprint density at radius 3 is 2.54 bits per heavy atom. The molecule has 0 fully saturated rings. The lowest BCUT2D eigenvalue weighted by Crippen LogP contribution is -2.25. The zero-order valence-corrected chi connectivity index (χ0v) is 15.5. The molecule has 2 aromatic heterocycles. The fourth-order valence-electron chi connectivity index (χ4n) is 2.18. The molecule has 2 heterocycles. The summed E-state index contributed by atoms with van der Waals surface area (Å²) in [7, 11) is 0. The maximum Gasteiger partial charge on any atom is 0.416 e. The van der Waals surface area contributed by atoms with Crippen LogP contribution in [0.4, 0.5) is 13.2 Å². The molecule has 4 nitrogen and oxygen atoms in total. The standard InChI is InChI=1S/C17H12BrF3N2O2S/c18-14-6-5-13(25-14)15(24)22-8-7-12-9-26-16(23-12)10-1-3-11(4-2-10)17(19,20)21/h1-6,9H,7-8H2,(H,22,24). The van der Waals surface area contributed by atoms with E-state index < -0.39 is 11.7 Å². The summed E-state index contributed by atoms with van der Waals surface area (Å²) in [5, 5.41) is 5.18. The molecule has 0 unspecified atom stereocenters. The molecule has 0 saturated carbocycles. The minimum atomic E-state index is -4.35. The number of halogens is 4. The van der Waals surface area contributed by atoms with Crippen LogP contribution in [0.3, 0.4) is 0 Å². The average molecular weight is 445 g/mol. The topological polar surface area (TPSA) is 55.1 Å². The van der Waals surface area contributed by atoms with E-state index >= 15 is 0 Å². The number of hydrogen-bond acceptors (Lipinski definition) is 4. The number of furan rings is 1. The Kier molecular flexibility index (Phi) is 5.47. The largest absolute Gasteiger partial charge is 0.444 e. The van der Waals surface area contributed by atoms with Crippen LogP contribution in [0.25, 0.3) is 10.6 Å². The number of rotatable bonds is 5. The van der Waals surface area contributed by atoms with E-state index in [2.05, 4.69) is 26.2 Å². The van der Waals surface area contributed by atoms with Gasteiger partial charge in [0.05, 0.1) is 11.3 Å². The number of nitrogens with one attached hydrogen (secondary N) is 1. The highest BCUT2D eigenvalue weighted by atomic mass is 79.9. The van der Waals surface area contributed by atoms with Gasteiger partial charge in [0.1, 0.15) is 5.01 Å². The van der Waals surface area contributed by atoms with Crippen LogP contribution in [0.15, 0.2) is 50.9 Å². The average Bonchev–Trinajstić information content (AvgIpc) is 3.23. The van der Waals surface area contributed by atoms with Crippen molar-refractivity contribution in [3.63, 3.8) is 0 Å². The number of nitrogens with zero attached hydrogens (tertiary/aromatic N) is 1. The predicted octanol–water partition coefficient (Wildman–Crippen LogP) is 5.16. The fraction of sp³-hybridized carbons (Fsp3) is 0.176. The Hall–Kier alpha value is -2.13. The third kappa shape index (κ3) is 4.53. The van der Waals surface area contributed by atoms with E-state index in [-0.39, 0.29) is 11.7 Å². The van der Waals surface area contributed by atoms with Crippen LogP contribution in [0.1, 0.15) is 21.8 Å². The zero-order chi connectivity index (χ0) is 18.7. The maximum absolute atomic E-state index is 12.6. The van der Waals surface area contributed by atoms with Crippen LogP contribution < -0.4 is 5.32 Å². The fourth-order valence-corrected chi connectivity index (χ4v) is 3.35. The minimum Gasteiger partial charge on any atom is -0.444 e. The van der Waals surface area contributed by atoms with Crippen LogP contribution >= 0.6 is 27.3 Å². The molecule has 0 radical (unpaired) electrons. The van der Waals surface area contributed by atoms with Gasteiger partial charge in [-0.15, -0.1) is 11.3 Å². The molecule has 0 saturated heterocycles. The molecule has 3 rings (SSSR count). The highest BCUT2D eigenvalue weighted by molar-refractivity contribution is 9.10. The van der Waals surface area contributed by atoms with Gasteiger partial charge in [0.15, 0.2) is 10.4 Å². The molecule has 0 bridgehead atoms. The summed E-state index contributed by atoms with van der Waals surface area (Å²) in [6, 6.07) is 8.08. The van der Waals surface area contributed by atoms with Gasteiger partial charge in [0, 0.05) is 23.9 Å². The van der Waals surface area contributed by atoms with Crippen molar-refractivity contribution in [2.45, 2.75) is 12.6 Å². The van der Waals surface area contributed by atoms with Gasteiger partial charge in [0.2, 0.25) is 0 Å². The first-order chi connectivity index (χ1) is 12.3. The highest BCUT2D eigenvalue weighted by Gasteiger charge is 2.30. The second-order valence-corrected chi connectivity index (χ2v) is 6.97. The molecule has 0 spiro atoms. The summed E-state index contributed by atoms with van der Waals surface area (Å²) in [6.45, 7) is 0.368. The number of hydrogen-bond donors (Lipinski definition) is 1. The number of carbonyl (C=O) groups excluding carboxylic acids is 1. The van der Waals surface area contributed by atoms with Crippen molar-refractivity contribution in [2.75, 3.05) is 6.54 Å². The van der Waals surface area contributed by atoms with Crippen LogP contribution in [-0.2, 0) is 12.6 Å². The molecular weight excluding hydrogens is 433 g/mol. The minimum absolute atomic E-state index is 0.209. The van der Waals surface area contributed by atoms with E-state index in [1.54, 1.807) is 12.1 Å². The lowest BCUT2D eigenvalue weighted by atomic mass is 10.1. The van der Waals surface area contributed by atoms with E-state index in [0.717, 1.165) is 17.8 Å². The Morgan fingerprint density at radius 1 is 1.19 bits per heavy atom. The summed E-state index contributed by atoms with van der Waals surface area (Å²) in [5.41, 5.74) is 0.690. The molecule has 136 valence electrons. The van der Waals surface area contributed by atoms with Gasteiger partial charge >= 0.3 is 6.18 Å². The summed E-state index contributed by atoms with van der Waals surface area (Å²) in [6.07, 6.45) is -3.85. The predicted molar refractivity (Wildman–Crippen MR) is 95.0 cm³/mol. The van der Waals surface area contributed by atoms with E-state index in [1.807, 2.05) is 5.38 Å². The molecule has 0 atom stereocenters. The van der Waals surface area contributed by atoms with Crippen molar-refractivity contribution < 1.29 is 22.4 Å². The van der Waals surface area contributed by atoms with Gasteiger partial charge in [-0.05, 0) is 40.2 Å². The van der Waals surface area contributed by atoms with Gasteiger partial charge in [0.25, 0.3) is 5.91 Å². The number of alkyl halides is 3. The van der Waals surface area contributed by atoms with Crippen molar-refractivity contribution in [2.24, 2.45) is 0 Å². The molecule has 1 amide bonds. The van der Waals surface area contributed by atoms with Crippen molar-refractivity contribution in [3.05, 3.63) is 63.5 Å². The normalized spacial score (nSPS) is 11.5. The second-order valence-electron chi connectivity index (χ2n) is 5.33. The number of thiazole rings is 1. The molecule has 26 heavy (non-hydrogen) atoms. The first-order valence-corrected chi connectivity index (χ1v) is 9.16. The third-order valence-corrected chi connectivity index (χ3v) is 4.84. The number of amides is 1. The summed E-state index contributed by atoms with van der Waals surface area (Å²) in [4.78, 5) is 16.3. The molecular formula is C17H12BrF3N2O2S. The van der Waals surface area contributed by atoms with Gasteiger partial charge < -0.3 is 9.73 Å². The molecule has 0 aliphatic heterocycles. The Labute approximate surface area is 159 Å². The number of benzene rings is 1. The SMILES string of the molecule is O=C(NCCc1csc(-c2ccc(C(F)(F)F)cc2)n1)c1ccc(Br)o1. The Morgan fingerprint density at radius 2 is 1.92 bits per heavy atom. The number of aromatic nitrogens is 1. The molecule has 1 aromatic carbocycles. The van der Waals surface area contributed by atoms with E-state index in [1.165, 1.54) is 23.5 Å². The van der Waals surface area contributed by atoms with Crippen LogP contribution in [0, 0.1) is 0 Å². The van der Waals surface area contributed by atoms with E-state index in [9.17, 15) is 18.0 Å². The third-order valence-electron chi connectivity index (χ3n) is 3.47. The van der Waals surface area contributed by atoms with E-state index in [4.69, 9.17) is 4.42 Å². The smallest absolute Gasteiger partial charge is 0.416 e. The van der Waals surface area contributed by atoms with Crippen molar-refractivity contribution >= 4 is 33.2 Å². The van der Waals surface area contributed by atoms with E-state index in [0.29, 0.717) is 28.2 Å². The van der Waals surface area contributed by atoms with Crippen LogP contribution in [-0.4, -0.2) is 17.4 Å². The quantitative estimate of drug-likeness (QED) is 0.591. The van der Waals surface area contributed by atoms with Gasteiger partial charge in [-0.2, -0.15) is 13.2 Å². The summed E-state index contributed by atoms with van der Waals surface area (Å²) < 4.78 is 43.4. The first kappa shape index (κ1) is 18.7. The first-order valence-electron chi connectivity index (χ1n) is 7.48. The van der Waals surface area contributed by atoms with Crippen LogP contribution in [0.2, 0.25) is 0 Å². The molecule has 9 heteroatoms. The summed E-state index contributed by atoms with van der Waals surface area (Å²) >= 11 is 4.47. The van der Waals surface area contributed by atoms with Crippen molar-refractivity contribution in [1.82, 2.24) is 10.3 Å². The van der Waals surface area contributed by atoms with Gasteiger partial charge in [-0.1, -0.05) is 12.1 Å². The lowest BCUT2D eigenvalue weighted by Gasteiger charge is -2.06.